The molecule has 0 aliphatic carbocycles. The van der Waals surface area contributed by atoms with Gasteiger partial charge in [-0.3, -0.25) is 0 Å². The molecule has 0 saturated carbocycles. The molecule has 1 heterocycles. The highest BCUT2D eigenvalue weighted by molar-refractivity contribution is 5.87. The summed E-state index contributed by atoms with van der Waals surface area (Å²) >= 11 is 0. The largest absolute Gasteiger partial charge is 0.508 e. The number of esters is 1. The van der Waals surface area contributed by atoms with Crippen LogP contribution in [0.2, 0.25) is 0 Å². The first-order valence-electron chi connectivity index (χ1n) is 11.9. The molecule has 194 valence electrons. The minimum atomic E-state index is -0.493. The maximum Gasteiger partial charge on any atom is 0.330 e. The van der Waals surface area contributed by atoms with Crippen molar-refractivity contribution in [3.05, 3.63) is 83.4 Å². The zero-order chi connectivity index (χ0) is 26.4. The number of hydrogen-bond acceptors (Lipinski definition) is 8. The van der Waals surface area contributed by atoms with E-state index in [0.717, 1.165) is 16.7 Å². The fourth-order valence-electron chi connectivity index (χ4n) is 4.50. The molecule has 8 heteroatoms. The quantitative estimate of drug-likeness (QED) is 0.284. The predicted molar refractivity (Wildman–Crippen MR) is 137 cm³/mol. The van der Waals surface area contributed by atoms with E-state index >= 15 is 0 Å². The molecule has 1 saturated heterocycles. The molecule has 0 aromatic heterocycles. The van der Waals surface area contributed by atoms with E-state index in [0.29, 0.717) is 24.5 Å². The summed E-state index contributed by atoms with van der Waals surface area (Å²) in [5, 5.41) is 29.4. The molecule has 1 aliphatic rings. The van der Waals surface area contributed by atoms with Gasteiger partial charge in [-0.05, 0) is 71.5 Å². The van der Waals surface area contributed by atoms with Gasteiger partial charge in [0.2, 0.25) is 0 Å². The Morgan fingerprint density at radius 3 is 2.32 bits per heavy atom. The van der Waals surface area contributed by atoms with E-state index < -0.39 is 5.97 Å². The molecule has 8 nitrogen and oxygen atoms in total. The number of phenols is 3. The monoisotopic (exact) mass is 506 g/mol. The highest BCUT2D eigenvalue weighted by Gasteiger charge is 2.39. The summed E-state index contributed by atoms with van der Waals surface area (Å²) in [6, 6.07) is 16.7. The highest BCUT2D eigenvalue weighted by Crippen LogP contribution is 2.43. The molecule has 37 heavy (non-hydrogen) atoms. The lowest BCUT2D eigenvalue weighted by Crippen LogP contribution is -2.24. The molecule has 0 spiro atoms. The van der Waals surface area contributed by atoms with Crippen LogP contribution in [0, 0.1) is 11.8 Å². The minimum absolute atomic E-state index is 0.00734. The van der Waals surface area contributed by atoms with Crippen LogP contribution in [0.5, 0.6) is 28.7 Å². The third kappa shape index (κ3) is 6.34. The van der Waals surface area contributed by atoms with Crippen LogP contribution in [-0.4, -0.2) is 48.7 Å². The van der Waals surface area contributed by atoms with Crippen LogP contribution >= 0.6 is 0 Å². The second-order valence-electron chi connectivity index (χ2n) is 8.87. The molecule has 0 radical (unpaired) electrons. The average Bonchev–Trinajstić information content (AvgIpc) is 3.30. The first-order chi connectivity index (χ1) is 17.9. The summed E-state index contributed by atoms with van der Waals surface area (Å²) in [6.07, 6.45) is 3.21. The van der Waals surface area contributed by atoms with Gasteiger partial charge in [-0.25, -0.2) is 4.79 Å². The Morgan fingerprint density at radius 2 is 1.62 bits per heavy atom. The van der Waals surface area contributed by atoms with Crippen molar-refractivity contribution in [2.45, 2.75) is 12.5 Å². The highest BCUT2D eigenvalue weighted by atomic mass is 16.5. The first kappa shape index (κ1) is 25.9. The number of aromatic hydroxyl groups is 3. The van der Waals surface area contributed by atoms with Gasteiger partial charge in [-0.1, -0.05) is 24.3 Å². The maximum atomic E-state index is 12.5. The van der Waals surface area contributed by atoms with Crippen LogP contribution in [0.15, 0.2) is 66.7 Å². The van der Waals surface area contributed by atoms with Gasteiger partial charge in [0.1, 0.15) is 5.75 Å². The summed E-state index contributed by atoms with van der Waals surface area (Å²) in [4.78, 5) is 12.5. The van der Waals surface area contributed by atoms with Crippen molar-refractivity contribution in [1.82, 2.24) is 0 Å². The third-order valence-corrected chi connectivity index (χ3v) is 6.48. The van der Waals surface area contributed by atoms with Gasteiger partial charge in [0.15, 0.2) is 23.0 Å². The lowest BCUT2D eigenvalue weighted by atomic mass is 9.84. The fourth-order valence-corrected chi connectivity index (χ4v) is 4.50. The minimum Gasteiger partial charge on any atom is -0.508 e. The van der Waals surface area contributed by atoms with Gasteiger partial charge < -0.3 is 34.3 Å². The van der Waals surface area contributed by atoms with Crippen LogP contribution in [0.1, 0.15) is 22.8 Å². The number of methoxy groups -OCH3 is 2. The Kier molecular flexibility index (Phi) is 8.20. The van der Waals surface area contributed by atoms with Crippen molar-refractivity contribution < 1.29 is 39.1 Å². The predicted octanol–water partition coefficient (Wildman–Crippen LogP) is 4.62. The Bertz CT molecular complexity index is 1250. The number of carbonyl (C=O) groups is 1. The third-order valence-electron chi connectivity index (χ3n) is 6.48. The van der Waals surface area contributed by atoms with E-state index in [1.165, 1.54) is 20.3 Å². The molecule has 1 fully saturated rings. The topological polar surface area (TPSA) is 115 Å². The van der Waals surface area contributed by atoms with Crippen LogP contribution < -0.4 is 9.47 Å². The molecular weight excluding hydrogens is 476 g/mol. The molecule has 4 rings (SSSR count). The second-order valence-corrected chi connectivity index (χ2v) is 8.87. The van der Waals surface area contributed by atoms with Crippen molar-refractivity contribution in [2.24, 2.45) is 11.8 Å². The molecule has 0 bridgehead atoms. The Labute approximate surface area is 215 Å². The average molecular weight is 507 g/mol. The molecule has 0 amide bonds. The van der Waals surface area contributed by atoms with E-state index in [2.05, 4.69) is 0 Å². The lowest BCUT2D eigenvalue weighted by Gasteiger charge is -2.23. The number of rotatable bonds is 9. The van der Waals surface area contributed by atoms with Crippen LogP contribution in [0.3, 0.4) is 0 Å². The van der Waals surface area contributed by atoms with Crippen molar-refractivity contribution >= 4 is 12.0 Å². The van der Waals surface area contributed by atoms with Crippen LogP contribution in [0.25, 0.3) is 6.08 Å². The van der Waals surface area contributed by atoms with Crippen LogP contribution in [-0.2, 0) is 20.7 Å². The van der Waals surface area contributed by atoms with Crippen molar-refractivity contribution in [3.8, 4) is 28.7 Å². The summed E-state index contributed by atoms with van der Waals surface area (Å²) in [6.45, 7) is 0.551. The zero-order valence-corrected chi connectivity index (χ0v) is 20.7. The van der Waals surface area contributed by atoms with Gasteiger partial charge >= 0.3 is 5.97 Å². The van der Waals surface area contributed by atoms with E-state index in [-0.39, 0.29) is 41.8 Å². The summed E-state index contributed by atoms with van der Waals surface area (Å²) in [5.41, 5.74) is 2.52. The Balaban J connectivity index is 1.52. The summed E-state index contributed by atoms with van der Waals surface area (Å²) in [7, 11) is 2.98. The van der Waals surface area contributed by atoms with Gasteiger partial charge in [-0.2, -0.15) is 0 Å². The van der Waals surface area contributed by atoms with Gasteiger partial charge in [0, 0.05) is 12.0 Å². The van der Waals surface area contributed by atoms with Crippen molar-refractivity contribution in [2.75, 3.05) is 27.4 Å². The number of benzene rings is 3. The number of ether oxygens (including phenoxy) is 4. The number of carbonyl (C=O) groups excluding carboxylic acids is 1. The Hall–Kier alpha value is -4.17. The molecule has 3 N–H and O–H groups in total. The smallest absolute Gasteiger partial charge is 0.330 e. The Morgan fingerprint density at radius 1 is 0.946 bits per heavy atom. The van der Waals surface area contributed by atoms with Gasteiger partial charge in [-0.15, -0.1) is 0 Å². The number of phenolic OH excluding ortho intramolecular Hbond substituents is 3. The molecule has 1 aliphatic heterocycles. The maximum absolute atomic E-state index is 12.5. The molecule has 0 unspecified atom stereocenters. The van der Waals surface area contributed by atoms with E-state index in [1.807, 2.05) is 6.07 Å². The summed E-state index contributed by atoms with van der Waals surface area (Å²) < 4.78 is 22.3. The fraction of sp³-hybridized carbons (Fsp3) is 0.276. The SMILES string of the molecule is COc1cc(C[C@@H]2CO[C@H](c3ccc(O)c(OC)c3)[C@H]2COC(=O)/C=C/c2ccc(O)cc2)ccc1O. The lowest BCUT2D eigenvalue weighted by molar-refractivity contribution is -0.139. The van der Waals surface area contributed by atoms with Crippen molar-refractivity contribution in [1.29, 1.82) is 0 Å². The van der Waals surface area contributed by atoms with Gasteiger partial charge in [0.05, 0.1) is 33.5 Å². The number of hydrogen-bond donors (Lipinski definition) is 3. The van der Waals surface area contributed by atoms with E-state index in [4.69, 9.17) is 18.9 Å². The standard InChI is InChI=1S/C29H30O8/c1-34-26-14-19(5-10-24(26)31)13-21-16-37-29(20-7-11-25(32)27(15-20)35-2)23(21)17-36-28(33)12-6-18-3-8-22(30)9-4-18/h3-12,14-15,21,23,29-32H,13,16-17H2,1-2H3/b12-6+/t21-,23+,29-/m1/s1. The molecule has 3 aromatic rings. The first-order valence-corrected chi connectivity index (χ1v) is 11.9. The molecule has 3 atom stereocenters. The van der Waals surface area contributed by atoms with Crippen LogP contribution in [0.4, 0.5) is 0 Å². The van der Waals surface area contributed by atoms with E-state index in [1.54, 1.807) is 60.7 Å². The zero-order valence-electron chi connectivity index (χ0n) is 20.7. The van der Waals surface area contributed by atoms with E-state index in [9.17, 15) is 20.1 Å². The summed E-state index contributed by atoms with van der Waals surface area (Å²) in [5.74, 6) is 0.294. The molecule has 3 aromatic carbocycles. The van der Waals surface area contributed by atoms with Crippen molar-refractivity contribution in [3.63, 3.8) is 0 Å². The van der Waals surface area contributed by atoms with Gasteiger partial charge in [0.25, 0.3) is 0 Å². The normalized spacial score (nSPS) is 19.1. The second kappa shape index (κ2) is 11.7. The molecular formula is C29H30O8.